The van der Waals surface area contributed by atoms with Crippen LogP contribution in [0.1, 0.15) is 41.1 Å². The van der Waals surface area contributed by atoms with E-state index in [0.717, 1.165) is 68.0 Å². The largest absolute Gasteiger partial charge is 0.379 e. The van der Waals surface area contributed by atoms with Gasteiger partial charge in [-0.25, -0.2) is 4.68 Å². The summed E-state index contributed by atoms with van der Waals surface area (Å²) in [5.74, 6) is 0. The molecule has 2 atom stereocenters. The number of aromatic nitrogens is 5. The average molecular weight is 467 g/mol. The summed E-state index contributed by atoms with van der Waals surface area (Å²) in [4.78, 5) is 9.48. The molecule has 9 nitrogen and oxygen atoms in total. The van der Waals surface area contributed by atoms with Gasteiger partial charge in [0.1, 0.15) is 12.7 Å². The molecule has 2 aliphatic heterocycles. The minimum Gasteiger partial charge on any atom is -0.379 e. The molecule has 2 fully saturated rings. The highest BCUT2D eigenvalue weighted by Crippen LogP contribution is 2.40. The van der Waals surface area contributed by atoms with E-state index < -0.39 is 0 Å². The van der Waals surface area contributed by atoms with Gasteiger partial charge in [-0.15, -0.1) is 10.2 Å². The zero-order chi connectivity index (χ0) is 22.8. The average Bonchev–Trinajstić information content (AvgIpc) is 3.54. The number of aryl methyl sites for hydroxylation is 1. The van der Waals surface area contributed by atoms with Crippen LogP contribution in [0.25, 0.3) is 0 Å². The van der Waals surface area contributed by atoms with Crippen LogP contribution >= 0.6 is 12.2 Å². The lowest BCUT2D eigenvalue weighted by molar-refractivity contribution is 0.0365. The van der Waals surface area contributed by atoms with Crippen molar-refractivity contribution < 1.29 is 4.74 Å². The molecular weight excluding hydrogens is 436 g/mol. The molecule has 2 aliphatic rings. The number of nitrogens with one attached hydrogen (secondary N) is 1. The van der Waals surface area contributed by atoms with Gasteiger partial charge < -0.3 is 15.0 Å². The third-order valence-corrected chi connectivity index (χ3v) is 6.92. The number of rotatable bonds is 7. The topological polar surface area (TPSA) is 76.3 Å². The van der Waals surface area contributed by atoms with Crippen LogP contribution in [0.2, 0.25) is 0 Å². The van der Waals surface area contributed by atoms with Crippen LogP contribution in [0, 0.1) is 13.8 Å². The Kier molecular flexibility index (Phi) is 6.39. The summed E-state index contributed by atoms with van der Waals surface area (Å²) in [5.41, 5.74) is 4.49. The van der Waals surface area contributed by atoms with E-state index in [1.165, 1.54) is 5.56 Å². The first kappa shape index (κ1) is 22.0. The van der Waals surface area contributed by atoms with Crippen LogP contribution in [0.5, 0.6) is 0 Å². The number of ether oxygens (including phenoxy) is 1. The summed E-state index contributed by atoms with van der Waals surface area (Å²) in [6.07, 6.45) is 6.32. The predicted octanol–water partition coefficient (Wildman–Crippen LogP) is 2.10. The summed E-state index contributed by atoms with van der Waals surface area (Å²) >= 11 is 5.85. The van der Waals surface area contributed by atoms with Crippen molar-refractivity contribution in [3.8, 4) is 0 Å². The van der Waals surface area contributed by atoms with Crippen molar-refractivity contribution in [1.82, 2.24) is 39.7 Å². The fourth-order valence-electron chi connectivity index (χ4n) is 5.01. The van der Waals surface area contributed by atoms with E-state index in [1.54, 1.807) is 12.7 Å². The van der Waals surface area contributed by atoms with E-state index in [1.807, 2.05) is 23.0 Å². The molecule has 2 saturated heterocycles. The van der Waals surface area contributed by atoms with Crippen molar-refractivity contribution in [2.45, 2.75) is 32.4 Å². The van der Waals surface area contributed by atoms with Gasteiger partial charge >= 0.3 is 0 Å². The molecule has 5 heterocycles. The molecule has 0 spiro atoms. The zero-order valence-electron chi connectivity index (χ0n) is 19.1. The number of morpholine rings is 1. The first-order valence-corrected chi connectivity index (χ1v) is 11.9. The van der Waals surface area contributed by atoms with Gasteiger partial charge in [-0.2, -0.15) is 0 Å². The van der Waals surface area contributed by atoms with Crippen molar-refractivity contribution >= 4 is 17.3 Å². The summed E-state index contributed by atoms with van der Waals surface area (Å²) in [6, 6.07) is 8.34. The van der Waals surface area contributed by atoms with Crippen molar-refractivity contribution in [3.05, 3.63) is 65.8 Å². The second kappa shape index (κ2) is 9.58. The second-order valence-corrected chi connectivity index (χ2v) is 8.99. The molecule has 1 N–H and O–H groups in total. The molecule has 0 radical (unpaired) electrons. The lowest BCUT2D eigenvalue weighted by atomic mass is 9.96. The van der Waals surface area contributed by atoms with Crippen LogP contribution in [0.15, 0.2) is 43.1 Å². The quantitative estimate of drug-likeness (QED) is 0.531. The summed E-state index contributed by atoms with van der Waals surface area (Å²) < 4.78 is 9.54. The fourth-order valence-corrected chi connectivity index (χ4v) is 5.34. The second-order valence-electron chi connectivity index (χ2n) is 8.61. The Morgan fingerprint density at radius 2 is 1.91 bits per heavy atom. The number of thiocarbonyl (C=S) groups is 1. The molecule has 0 bridgehead atoms. The van der Waals surface area contributed by atoms with E-state index >= 15 is 0 Å². The van der Waals surface area contributed by atoms with Crippen LogP contribution in [-0.2, 0) is 4.74 Å². The molecule has 0 saturated carbocycles. The summed E-state index contributed by atoms with van der Waals surface area (Å²) in [5, 5.41) is 12.3. The number of pyridine rings is 1. The maximum atomic E-state index is 5.85. The van der Waals surface area contributed by atoms with Gasteiger partial charge in [-0.3, -0.25) is 14.6 Å². The normalized spacial score (nSPS) is 21.5. The van der Waals surface area contributed by atoms with E-state index in [2.05, 4.69) is 61.0 Å². The lowest BCUT2D eigenvalue weighted by Gasteiger charge is -2.30. The Labute approximate surface area is 199 Å². The van der Waals surface area contributed by atoms with Crippen molar-refractivity contribution in [1.29, 1.82) is 0 Å². The van der Waals surface area contributed by atoms with Crippen molar-refractivity contribution in [2.75, 3.05) is 39.4 Å². The highest BCUT2D eigenvalue weighted by Gasteiger charge is 2.41. The highest BCUT2D eigenvalue weighted by atomic mass is 32.1. The first-order valence-electron chi connectivity index (χ1n) is 11.5. The highest BCUT2D eigenvalue weighted by molar-refractivity contribution is 7.80. The summed E-state index contributed by atoms with van der Waals surface area (Å²) in [6.45, 7) is 9.83. The van der Waals surface area contributed by atoms with Gasteiger partial charge in [0, 0.05) is 49.3 Å². The molecule has 174 valence electrons. The molecule has 0 aliphatic carbocycles. The fraction of sp³-hybridized carbons (Fsp3) is 0.478. The molecule has 0 amide bonds. The van der Waals surface area contributed by atoms with Gasteiger partial charge in [0.05, 0.1) is 31.0 Å². The Bertz CT molecular complexity index is 1080. The van der Waals surface area contributed by atoms with Gasteiger partial charge in [-0.05, 0) is 50.7 Å². The van der Waals surface area contributed by atoms with Crippen LogP contribution in [0.3, 0.4) is 0 Å². The molecule has 10 heteroatoms. The standard InChI is InChI=1S/C23H30N8OS/c1-17-14-19(18(2)31(17)29-15-25-26-16-29)22-21(20-6-3-4-7-24-20)27-23(33)30(22)9-5-8-28-10-12-32-13-11-28/h3-4,6-7,14-16,21-22H,5,8-13H2,1-2H3,(H,27,33)/t21-,22+/m1/s1. The monoisotopic (exact) mass is 466 g/mol. The zero-order valence-corrected chi connectivity index (χ0v) is 19.9. The van der Waals surface area contributed by atoms with E-state index in [-0.39, 0.29) is 12.1 Å². The molecule has 0 aromatic carbocycles. The number of nitrogens with zero attached hydrogens (tertiary/aromatic N) is 7. The SMILES string of the molecule is Cc1cc([C@H]2[C@@H](c3ccccn3)NC(=S)N2CCCN2CCOCC2)c(C)n1-n1cnnc1. The Morgan fingerprint density at radius 1 is 1.12 bits per heavy atom. The molecule has 3 aromatic rings. The number of hydrogen-bond donors (Lipinski definition) is 1. The van der Waals surface area contributed by atoms with Crippen LogP contribution in [-0.4, -0.2) is 78.8 Å². The van der Waals surface area contributed by atoms with E-state index in [9.17, 15) is 0 Å². The van der Waals surface area contributed by atoms with Gasteiger partial charge in [0.2, 0.25) is 0 Å². The predicted molar refractivity (Wildman–Crippen MR) is 129 cm³/mol. The maximum Gasteiger partial charge on any atom is 0.170 e. The molecular formula is C23H30N8OS. The Hall–Kier alpha value is -2.82. The van der Waals surface area contributed by atoms with E-state index in [0.29, 0.717) is 0 Å². The Balaban J connectivity index is 1.45. The van der Waals surface area contributed by atoms with Crippen molar-refractivity contribution in [3.63, 3.8) is 0 Å². The van der Waals surface area contributed by atoms with Gasteiger partial charge in [0.25, 0.3) is 0 Å². The van der Waals surface area contributed by atoms with Gasteiger partial charge in [0.15, 0.2) is 5.11 Å². The first-order chi connectivity index (χ1) is 16.1. The smallest absolute Gasteiger partial charge is 0.170 e. The lowest BCUT2D eigenvalue weighted by Crippen LogP contribution is -2.39. The third kappa shape index (κ3) is 4.38. The number of hydrogen-bond acceptors (Lipinski definition) is 6. The van der Waals surface area contributed by atoms with E-state index in [4.69, 9.17) is 17.0 Å². The molecule has 0 unspecified atom stereocenters. The Morgan fingerprint density at radius 3 is 2.64 bits per heavy atom. The third-order valence-electron chi connectivity index (χ3n) is 6.56. The maximum absolute atomic E-state index is 5.85. The van der Waals surface area contributed by atoms with Crippen molar-refractivity contribution in [2.24, 2.45) is 0 Å². The van der Waals surface area contributed by atoms with Crippen LogP contribution in [0.4, 0.5) is 0 Å². The molecule has 3 aromatic heterocycles. The van der Waals surface area contributed by atoms with Gasteiger partial charge in [-0.1, -0.05) is 6.07 Å². The molecule has 5 rings (SSSR count). The minimum atomic E-state index is -0.0167. The van der Waals surface area contributed by atoms with Crippen LogP contribution < -0.4 is 5.32 Å². The summed E-state index contributed by atoms with van der Waals surface area (Å²) in [7, 11) is 0. The minimum absolute atomic E-state index is 0.0167. The molecule has 33 heavy (non-hydrogen) atoms.